The van der Waals surface area contributed by atoms with E-state index in [1.54, 1.807) is 0 Å². The van der Waals surface area contributed by atoms with Crippen molar-refractivity contribution < 1.29 is 0 Å². The molecule has 0 radical (unpaired) electrons. The molecule has 0 N–H and O–H groups in total. The summed E-state index contributed by atoms with van der Waals surface area (Å²) in [5, 5.41) is 0. The summed E-state index contributed by atoms with van der Waals surface area (Å²) in [5.74, 6) is 6.67. The highest BCUT2D eigenvalue weighted by Crippen LogP contribution is 2.16. The Morgan fingerprint density at radius 1 is 1.00 bits per heavy atom. The lowest BCUT2D eigenvalue weighted by Gasteiger charge is -2.10. The van der Waals surface area contributed by atoms with Gasteiger partial charge in [0.2, 0.25) is 0 Å². The first-order valence-corrected chi connectivity index (χ1v) is 7.47. The molecule has 0 unspecified atom stereocenters. The van der Waals surface area contributed by atoms with Crippen molar-refractivity contribution >= 4 is 0 Å². The van der Waals surface area contributed by atoms with Crippen molar-refractivity contribution in [1.82, 2.24) is 4.98 Å². The molecular weight excluding hydrogens is 254 g/mol. The second kappa shape index (κ2) is 6.59. The minimum atomic E-state index is 0.0129. The number of aryl methyl sites for hydroxylation is 3. The molecule has 0 spiro atoms. The van der Waals surface area contributed by atoms with Crippen LogP contribution in [0, 0.1) is 24.2 Å². The van der Waals surface area contributed by atoms with E-state index >= 15 is 0 Å². The highest BCUT2D eigenvalue weighted by Gasteiger charge is 2.08. The van der Waals surface area contributed by atoms with Crippen LogP contribution in [-0.4, -0.2) is 4.98 Å². The molecule has 0 atom stereocenters. The fourth-order valence-corrected chi connectivity index (χ4v) is 2.13. The molecule has 1 nitrogen and oxygen atoms in total. The monoisotopic (exact) mass is 277 g/mol. The molecule has 0 saturated heterocycles. The van der Waals surface area contributed by atoms with Crippen LogP contribution in [0.25, 0.3) is 0 Å². The number of benzene rings is 1. The number of nitrogens with zero attached hydrogens (tertiary/aromatic N) is 1. The number of hydrogen-bond donors (Lipinski definition) is 0. The average molecular weight is 277 g/mol. The second-order valence-corrected chi connectivity index (χ2v) is 6.44. The minimum Gasteiger partial charge on any atom is -0.260 e. The molecule has 1 heteroatoms. The maximum atomic E-state index is 4.55. The predicted octanol–water partition coefficient (Wildman–Crippen LogP) is 4.57. The molecule has 0 saturated carbocycles. The van der Waals surface area contributed by atoms with Gasteiger partial charge in [-0.3, -0.25) is 4.98 Å². The molecular formula is C20H23N. The van der Waals surface area contributed by atoms with Gasteiger partial charge in [0.25, 0.3) is 0 Å². The Hall–Kier alpha value is -2.07. The molecule has 108 valence electrons. The number of hydrogen-bond acceptors (Lipinski definition) is 1. The Bertz CT molecular complexity index is 652. The van der Waals surface area contributed by atoms with Crippen molar-refractivity contribution in [1.29, 1.82) is 0 Å². The van der Waals surface area contributed by atoms with Gasteiger partial charge in [-0.25, -0.2) is 0 Å². The summed E-state index contributed by atoms with van der Waals surface area (Å²) in [6, 6.07) is 12.6. The lowest BCUT2D eigenvalue weighted by Crippen LogP contribution is -2.03. The Kier molecular flexibility index (Phi) is 4.81. The van der Waals surface area contributed by atoms with E-state index in [4.69, 9.17) is 0 Å². The first-order valence-electron chi connectivity index (χ1n) is 7.47. The maximum absolute atomic E-state index is 4.55. The molecule has 2 rings (SSSR count). The third-order valence-electron chi connectivity index (χ3n) is 3.29. The quantitative estimate of drug-likeness (QED) is 0.749. The van der Waals surface area contributed by atoms with Crippen LogP contribution in [0.5, 0.6) is 0 Å². The van der Waals surface area contributed by atoms with Gasteiger partial charge in [-0.2, -0.15) is 0 Å². The molecule has 0 aliphatic rings. The standard InChI is InChI=1S/C20H23N/c1-16-13-15-21-19(18(16)12-14-20(2,3)4)11-10-17-8-6-5-7-9-17/h5-9,13,15H,10-11H2,1-4H3. The summed E-state index contributed by atoms with van der Waals surface area (Å²) in [5.41, 5.74) is 4.78. The molecule has 0 bridgehead atoms. The zero-order chi connectivity index (χ0) is 15.3. The number of aromatic nitrogens is 1. The largest absolute Gasteiger partial charge is 0.260 e. The van der Waals surface area contributed by atoms with Crippen LogP contribution in [0.3, 0.4) is 0 Å². The lowest BCUT2D eigenvalue weighted by atomic mass is 9.96. The topological polar surface area (TPSA) is 12.9 Å². The Labute approximate surface area is 128 Å². The normalized spacial score (nSPS) is 10.9. The van der Waals surface area contributed by atoms with Crippen LogP contribution >= 0.6 is 0 Å². The maximum Gasteiger partial charge on any atom is 0.0565 e. The van der Waals surface area contributed by atoms with Gasteiger partial charge in [-0.1, -0.05) is 42.2 Å². The van der Waals surface area contributed by atoms with Crippen LogP contribution in [-0.2, 0) is 12.8 Å². The van der Waals surface area contributed by atoms with E-state index < -0.39 is 0 Å². The fraction of sp³-hybridized carbons (Fsp3) is 0.350. The van der Waals surface area contributed by atoms with Gasteiger partial charge in [0.15, 0.2) is 0 Å². The van der Waals surface area contributed by atoms with E-state index in [0.29, 0.717) is 0 Å². The summed E-state index contributed by atoms with van der Waals surface area (Å²) in [7, 11) is 0. The molecule has 0 aliphatic carbocycles. The molecule has 1 aromatic carbocycles. The van der Waals surface area contributed by atoms with E-state index in [2.05, 4.69) is 74.9 Å². The number of pyridine rings is 1. The van der Waals surface area contributed by atoms with Gasteiger partial charge in [-0.05, 0) is 57.7 Å². The van der Waals surface area contributed by atoms with Gasteiger partial charge >= 0.3 is 0 Å². The molecule has 21 heavy (non-hydrogen) atoms. The third-order valence-corrected chi connectivity index (χ3v) is 3.29. The van der Waals surface area contributed by atoms with Crippen LogP contribution in [0.4, 0.5) is 0 Å². The van der Waals surface area contributed by atoms with Crippen molar-refractivity contribution in [3.05, 3.63) is 65.0 Å². The highest BCUT2D eigenvalue weighted by atomic mass is 14.7. The predicted molar refractivity (Wildman–Crippen MR) is 89.2 cm³/mol. The van der Waals surface area contributed by atoms with Crippen molar-refractivity contribution in [3.63, 3.8) is 0 Å². The van der Waals surface area contributed by atoms with Gasteiger partial charge in [0, 0.05) is 17.2 Å². The van der Waals surface area contributed by atoms with E-state index in [0.717, 1.165) is 24.1 Å². The molecule has 2 aromatic rings. The van der Waals surface area contributed by atoms with Gasteiger partial charge in [0.05, 0.1) is 5.69 Å². The third kappa shape index (κ3) is 4.76. The fourth-order valence-electron chi connectivity index (χ4n) is 2.13. The van der Waals surface area contributed by atoms with Crippen LogP contribution in [0.1, 0.15) is 43.2 Å². The SMILES string of the molecule is Cc1ccnc(CCc2ccccc2)c1C#CC(C)(C)C. The first kappa shape index (κ1) is 15.3. The van der Waals surface area contributed by atoms with Crippen molar-refractivity contribution in [2.24, 2.45) is 5.41 Å². The minimum absolute atomic E-state index is 0.0129. The first-order chi connectivity index (χ1) is 9.96. The van der Waals surface area contributed by atoms with Gasteiger partial charge in [0.1, 0.15) is 0 Å². The van der Waals surface area contributed by atoms with E-state index in [1.807, 2.05) is 12.3 Å². The van der Waals surface area contributed by atoms with Crippen molar-refractivity contribution in [2.75, 3.05) is 0 Å². The summed E-state index contributed by atoms with van der Waals surface area (Å²) in [4.78, 5) is 4.55. The molecule has 1 aromatic heterocycles. The highest BCUT2D eigenvalue weighted by molar-refractivity contribution is 5.44. The summed E-state index contributed by atoms with van der Waals surface area (Å²) < 4.78 is 0. The van der Waals surface area contributed by atoms with Crippen LogP contribution in [0.15, 0.2) is 42.6 Å². The average Bonchev–Trinajstić information content (AvgIpc) is 2.44. The van der Waals surface area contributed by atoms with E-state index in [1.165, 1.54) is 11.1 Å². The summed E-state index contributed by atoms with van der Waals surface area (Å²) >= 11 is 0. The van der Waals surface area contributed by atoms with E-state index in [9.17, 15) is 0 Å². The van der Waals surface area contributed by atoms with Crippen molar-refractivity contribution in [3.8, 4) is 11.8 Å². The molecule has 1 heterocycles. The number of rotatable bonds is 3. The van der Waals surface area contributed by atoms with Gasteiger partial charge in [-0.15, -0.1) is 0 Å². The zero-order valence-electron chi connectivity index (χ0n) is 13.4. The summed E-state index contributed by atoms with van der Waals surface area (Å²) in [6.45, 7) is 8.51. The van der Waals surface area contributed by atoms with Gasteiger partial charge < -0.3 is 0 Å². The van der Waals surface area contributed by atoms with E-state index in [-0.39, 0.29) is 5.41 Å². The molecule has 0 aliphatic heterocycles. The van der Waals surface area contributed by atoms with Crippen LogP contribution in [0.2, 0.25) is 0 Å². The smallest absolute Gasteiger partial charge is 0.0565 e. The zero-order valence-corrected chi connectivity index (χ0v) is 13.4. The van der Waals surface area contributed by atoms with Crippen molar-refractivity contribution in [2.45, 2.75) is 40.5 Å². The van der Waals surface area contributed by atoms with Crippen LogP contribution < -0.4 is 0 Å². The molecule has 0 fully saturated rings. The molecule has 0 amide bonds. The summed E-state index contributed by atoms with van der Waals surface area (Å²) in [6.07, 6.45) is 3.82. The Morgan fingerprint density at radius 2 is 1.71 bits per heavy atom. The Balaban J connectivity index is 2.23. The lowest BCUT2D eigenvalue weighted by molar-refractivity contribution is 0.571. The second-order valence-electron chi connectivity index (χ2n) is 6.44. The Morgan fingerprint density at radius 3 is 2.38 bits per heavy atom.